The molecule has 0 saturated heterocycles. The van der Waals surface area contributed by atoms with Gasteiger partial charge in [0.05, 0.1) is 0 Å². The number of pyridine rings is 1. The lowest BCUT2D eigenvalue weighted by Crippen LogP contribution is -2.36. The van der Waals surface area contributed by atoms with Gasteiger partial charge in [-0.15, -0.1) is 0 Å². The van der Waals surface area contributed by atoms with Crippen molar-refractivity contribution in [1.82, 2.24) is 0 Å². The van der Waals surface area contributed by atoms with E-state index in [1.165, 1.54) is 96.3 Å². The maximum absolute atomic E-state index is 2.43. The van der Waals surface area contributed by atoms with Crippen molar-refractivity contribution in [2.75, 3.05) is 0 Å². The Hall–Kier alpha value is -3.97. The summed E-state index contributed by atoms with van der Waals surface area (Å²) in [5.74, 6) is 0. The van der Waals surface area contributed by atoms with E-state index in [0.29, 0.717) is 0 Å². The summed E-state index contributed by atoms with van der Waals surface area (Å²) >= 11 is 0. The molecule has 0 radical (unpaired) electrons. The monoisotopic (exact) mass is 524 g/mol. The molecule has 0 spiro atoms. The zero-order valence-electron chi connectivity index (χ0n) is 23.9. The molecule has 0 fully saturated rings. The number of aryl methyl sites for hydroxylation is 1. The number of rotatable bonds is 13. The highest BCUT2D eigenvalue weighted by Crippen LogP contribution is 2.30. The Morgan fingerprint density at radius 3 is 1.38 bits per heavy atom. The normalized spacial score (nSPS) is 11.0. The molecular formula is C39H42N+. The van der Waals surface area contributed by atoms with Crippen LogP contribution in [0.2, 0.25) is 0 Å². The zero-order valence-corrected chi connectivity index (χ0v) is 23.9. The first kappa shape index (κ1) is 27.6. The van der Waals surface area contributed by atoms with Gasteiger partial charge in [0.1, 0.15) is 0 Å². The molecule has 0 aliphatic heterocycles. The second kappa shape index (κ2) is 14.4. The van der Waals surface area contributed by atoms with Gasteiger partial charge in [-0.3, -0.25) is 0 Å². The van der Waals surface area contributed by atoms with E-state index in [-0.39, 0.29) is 0 Å². The predicted octanol–water partition coefficient (Wildman–Crippen LogP) is 10.6. The summed E-state index contributed by atoms with van der Waals surface area (Å²) in [5, 5.41) is 0. The van der Waals surface area contributed by atoms with Crippen molar-refractivity contribution in [1.29, 1.82) is 0 Å². The standard InChI is InChI=1S/C39H42N/c1-2-3-4-5-6-7-8-12-19-32-26-28-37(29-27-32)40-38(34-22-15-10-16-23-34)30-36(33-20-13-9-14-21-33)31-39(40)35-24-17-11-18-25-35/h9-11,13-18,20-31H,2-8,12,19H2,1H3/q+1. The summed E-state index contributed by atoms with van der Waals surface area (Å²) < 4.78 is 2.43. The Labute approximate surface area is 241 Å². The number of aromatic nitrogens is 1. The molecule has 5 rings (SSSR count). The van der Waals surface area contributed by atoms with Crippen molar-refractivity contribution >= 4 is 0 Å². The molecule has 4 aromatic carbocycles. The molecular weight excluding hydrogens is 482 g/mol. The van der Waals surface area contributed by atoms with Crippen LogP contribution in [0.1, 0.15) is 63.9 Å². The summed E-state index contributed by atoms with van der Waals surface area (Å²) in [5.41, 5.74) is 9.87. The first-order valence-electron chi connectivity index (χ1n) is 15.2. The van der Waals surface area contributed by atoms with E-state index in [4.69, 9.17) is 0 Å². The number of unbranched alkanes of at least 4 members (excludes halogenated alkanes) is 7. The minimum absolute atomic E-state index is 1.16. The van der Waals surface area contributed by atoms with Gasteiger partial charge in [0.25, 0.3) is 0 Å². The van der Waals surface area contributed by atoms with Gasteiger partial charge in [-0.1, -0.05) is 131 Å². The molecule has 40 heavy (non-hydrogen) atoms. The van der Waals surface area contributed by atoms with E-state index in [1.54, 1.807) is 0 Å². The van der Waals surface area contributed by atoms with Crippen LogP contribution in [0.15, 0.2) is 127 Å². The third kappa shape index (κ3) is 7.16. The third-order valence-electron chi connectivity index (χ3n) is 7.83. The van der Waals surface area contributed by atoms with Crippen molar-refractivity contribution in [2.45, 2.75) is 64.7 Å². The van der Waals surface area contributed by atoms with Gasteiger partial charge in [-0.25, -0.2) is 0 Å². The van der Waals surface area contributed by atoms with Crippen molar-refractivity contribution in [3.05, 3.63) is 133 Å². The lowest BCUT2D eigenvalue weighted by molar-refractivity contribution is -0.572. The summed E-state index contributed by atoms with van der Waals surface area (Å²) in [6, 6.07) is 46.2. The number of nitrogens with zero attached hydrogens (tertiary/aromatic N) is 1. The highest BCUT2D eigenvalue weighted by molar-refractivity contribution is 5.74. The van der Waals surface area contributed by atoms with Crippen molar-refractivity contribution in [3.63, 3.8) is 0 Å². The van der Waals surface area contributed by atoms with Crippen molar-refractivity contribution in [2.24, 2.45) is 0 Å². The molecule has 1 heteroatoms. The van der Waals surface area contributed by atoms with Crippen LogP contribution < -0.4 is 4.57 Å². The smallest absolute Gasteiger partial charge is 0.153 e. The minimum Gasteiger partial charge on any atom is -0.153 e. The summed E-state index contributed by atoms with van der Waals surface area (Å²) in [6.07, 6.45) is 12.0. The van der Waals surface area contributed by atoms with E-state index in [2.05, 4.69) is 139 Å². The van der Waals surface area contributed by atoms with Gasteiger partial charge >= 0.3 is 0 Å². The predicted molar refractivity (Wildman–Crippen MR) is 171 cm³/mol. The Bertz CT molecular complexity index is 1380. The van der Waals surface area contributed by atoms with Crippen LogP contribution in [0.3, 0.4) is 0 Å². The molecule has 0 unspecified atom stereocenters. The molecule has 0 aliphatic rings. The first-order chi connectivity index (χ1) is 19.8. The van der Waals surface area contributed by atoms with E-state index in [9.17, 15) is 0 Å². The average Bonchev–Trinajstić information content (AvgIpc) is 3.03. The van der Waals surface area contributed by atoms with Crippen LogP contribution in [0.5, 0.6) is 0 Å². The molecule has 0 atom stereocenters. The molecule has 0 bridgehead atoms. The molecule has 0 aliphatic carbocycles. The highest BCUT2D eigenvalue weighted by atomic mass is 15.0. The van der Waals surface area contributed by atoms with Gasteiger partial charge in [0, 0.05) is 35.4 Å². The molecule has 0 amide bonds. The van der Waals surface area contributed by atoms with E-state index < -0.39 is 0 Å². The van der Waals surface area contributed by atoms with Crippen molar-refractivity contribution in [3.8, 4) is 39.3 Å². The summed E-state index contributed by atoms with van der Waals surface area (Å²) in [4.78, 5) is 0. The molecule has 202 valence electrons. The van der Waals surface area contributed by atoms with Crippen LogP contribution in [0, 0.1) is 0 Å². The maximum atomic E-state index is 2.43. The SMILES string of the molecule is CCCCCCCCCCc1ccc(-[n+]2c(-c3ccccc3)cc(-c3ccccc3)cc2-c2ccccc2)cc1. The third-order valence-corrected chi connectivity index (χ3v) is 7.83. The van der Waals surface area contributed by atoms with E-state index in [1.807, 2.05) is 0 Å². The van der Waals surface area contributed by atoms with Crippen LogP contribution in [-0.2, 0) is 6.42 Å². The van der Waals surface area contributed by atoms with Crippen molar-refractivity contribution < 1.29 is 4.57 Å². The fourth-order valence-electron chi connectivity index (χ4n) is 5.59. The van der Waals surface area contributed by atoms with Gasteiger partial charge in [0.15, 0.2) is 0 Å². The Balaban J connectivity index is 1.47. The molecule has 1 nitrogen and oxygen atoms in total. The topological polar surface area (TPSA) is 3.88 Å². The van der Waals surface area contributed by atoms with E-state index >= 15 is 0 Å². The van der Waals surface area contributed by atoms with Gasteiger partial charge < -0.3 is 0 Å². The second-order valence-corrected chi connectivity index (χ2v) is 10.8. The summed E-state index contributed by atoms with van der Waals surface area (Å²) in [7, 11) is 0. The molecule has 0 saturated carbocycles. The Morgan fingerprint density at radius 1 is 0.425 bits per heavy atom. The quantitative estimate of drug-likeness (QED) is 0.106. The highest BCUT2D eigenvalue weighted by Gasteiger charge is 2.24. The van der Waals surface area contributed by atoms with Gasteiger partial charge in [-0.05, 0) is 53.8 Å². The van der Waals surface area contributed by atoms with Crippen LogP contribution >= 0.6 is 0 Å². The number of hydrogen-bond donors (Lipinski definition) is 0. The molecule has 5 aromatic rings. The van der Waals surface area contributed by atoms with Crippen LogP contribution in [-0.4, -0.2) is 0 Å². The van der Waals surface area contributed by atoms with E-state index in [0.717, 1.165) is 6.42 Å². The molecule has 1 aromatic heterocycles. The lowest BCUT2D eigenvalue weighted by atomic mass is 9.98. The lowest BCUT2D eigenvalue weighted by Gasteiger charge is -2.13. The summed E-state index contributed by atoms with van der Waals surface area (Å²) in [6.45, 7) is 2.29. The minimum atomic E-state index is 1.16. The maximum Gasteiger partial charge on any atom is 0.219 e. The van der Waals surface area contributed by atoms with Gasteiger partial charge in [-0.2, -0.15) is 4.57 Å². The zero-order chi connectivity index (χ0) is 27.4. The Kier molecular flexibility index (Phi) is 9.95. The largest absolute Gasteiger partial charge is 0.219 e. The molecule has 1 heterocycles. The second-order valence-electron chi connectivity index (χ2n) is 10.8. The average molecular weight is 525 g/mol. The first-order valence-corrected chi connectivity index (χ1v) is 15.2. The number of benzene rings is 4. The Morgan fingerprint density at radius 2 is 0.875 bits per heavy atom. The van der Waals surface area contributed by atoms with Crippen LogP contribution in [0.25, 0.3) is 39.3 Å². The number of hydrogen-bond acceptors (Lipinski definition) is 0. The fourth-order valence-corrected chi connectivity index (χ4v) is 5.59. The fraction of sp³-hybridized carbons (Fsp3) is 0.256. The molecule has 0 N–H and O–H groups in total. The van der Waals surface area contributed by atoms with Crippen LogP contribution in [0.4, 0.5) is 0 Å². The van der Waals surface area contributed by atoms with Gasteiger partial charge in [0.2, 0.25) is 17.1 Å².